The van der Waals surface area contributed by atoms with Gasteiger partial charge in [-0.25, -0.2) is 0 Å². The van der Waals surface area contributed by atoms with E-state index in [9.17, 15) is 4.79 Å². The molecule has 1 aliphatic rings. The van der Waals surface area contributed by atoms with Crippen LogP contribution in [0.4, 0.5) is 5.69 Å². The lowest BCUT2D eigenvalue weighted by molar-refractivity contribution is 0.0917. The zero-order valence-corrected chi connectivity index (χ0v) is 17.1. The van der Waals surface area contributed by atoms with E-state index in [2.05, 4.69) is 39.9 Å². The molecule has 1 amide bonds. The van der Waals surface area contributed by atoms with Crippen LogP contribution in [0.25, 0.3) is 0 Å². The summed E-state index contributed by atoms with van der Waals surface area (Å²) in [6.45, 7) is 2.99. The van der Waals surface area contributed by atoms with Crippen molar-refractivity contribution in [3.8, 4) is 5.75 Å². The van der Waals surface area contributed by atoms with Crippen molar-refractivity contribution < 1.29 is 9.53 Å². The first-order valence-electron chi connectivity index (χ1n) is 9.24. The van der Waals surface area contributed by atoms with E-state index in [1.165, 1.54) is 12.7 Å². The number of azo groups is 1. The minimum Gasteiger partial charge on any atom is -0.496 e. The highest BCUT2D eigenvalue weighted by Gasteiger charge is 2.39. The van der Waals surface area contributed by atoms with Gasteiger partial charge in [0.15, 0.2) is 0 Å². The van der Waals surface area contributed by atoms with Crippen molar-refractivity contribution in [2.45, 2.75) is 31.3 Å². The fourth-order valence-electron chi connectivity index (χ4n) is 3.69. The van der Waals surface area contributed by atoms with Gasteiger partial charge in [0, 0.05) is 24.7 Å². The van der Waals surface area contributed by atoms with Gasteiger partial charge in [0.1, 0.15) is 11.4 Å². The van der Waals surface area contributed by atoms with Gasteiger partial charge < -0.3 is 15.4 Å². The minimum atomic E-state index is -0.232. The average molecular weight is 401 g/mol. The summed E-state index contributed by atoms with van der Waals surface area (Å²) in [4.78, 5) is 13.0. The molecule has 0 bridgehead atoms. The molecule has 0 saturated carbocycles. The molecular weight excluding hydrogens is 376 g/mol. The van der Waals surface area contributed by atoms with Gasteiger partial charge in [-0.3, -0.25) is 4.79 Å². The molecule has 1 heterocycles. The predicted octanol–water partition coefficient (Wildman–Crippen LogP) is 4.16. The Kier molecular flexibility index (Phi) is 6.31. The number of carbonyl (C=O) groups excluding carboxylic acids is 1. The molecule has 2 unspecified atom stereocenters. The molecule has 2 aromatic carbocycles. The van der Waals surface area contributed by atoms with E-state index in [0.717, 1.165) is 19.4 Å². The van der Waals surface area contributed by atoms with Gasteiger partial charge in [-0.2, -0.15) is 10.2 Å². The summed E-state index contributed by atoms with van der Waals surface area (Å²) >= 11 is 6.26. The summed E-state index contributed by atoms with van der Waals surface area (Å²) in [6, 6.07) is 13.5. The Morgan fingerprint density at radius 3 is 2.79 bits per heavy atom. The van der Waals surface area contributed by atoms with Gasteiger partial charge in [0.25, 0.3) is 5.91 Å². The number of methoxy groups -OCH3 is 1. The Morgan fingerprint density at radius 1 is 1.36 bits per heavy atom. The summed E-state index contributed by atoms with van der Waals surface area (Å²) in [7, 11) is 3.08. The number of hydrogen-bond acceptors (Lipinski definition) is 5. The summed E-state index contributed by atoms with van der Waals surface area (Å²) in [5, 5.41) is 14.8. The molecule has 0 spiro atoms. The Bertz CT molecular complexity index is 872. The van der Waals surface area contributed by atoms with E-state index < -0.39 is 0 Å². The zero-order valence-electron chi connectivity index (χ0n) is 16.3. The van der Waals surface area contributed by atoms with Crippen molar-refractivity contribution in [2.75, 3.05) is 20.7 Å². The fraction of sp³-hybridized carbons (Fsp3) is 0.381. The van der Waals surface area contributed by atoms with Crippen LogP contribution in [0, 0.1) is 0 Å². The van der Waals surface area contributed by atoms with Crippen LogP contribution in [0.1, 0.15) is 29.3 Å². The Balaban J connectivity index is 1.81. The Labute approximate surface area is 170 Å². The molecule has 0 radical (unpaired) electrons. The molecule has 3 rings (SSSR count). The van der Waals surface area contributed by atoms with Crippen LogP contribution >= 0.6 is 11.6 Å². The van der Waals surface area contributed by atoms with Gasteiger partial charge in [0.05, 0.1) is 17.7 Å². The van der Waals surface area contributed by atoms with E-state index in [1.807, 2.05) is 18.2 Å². The van der Waals surface area contributed by atoms with Crippen molar-refractivity contribution in [3.05, 3.63) is 58.6 Å². The second kappa shape index (κ2) is 8.71. The van der Waals surface area contributed by atoms with Crippen LogP contribution in [-0.2, 0) is 6.42 Å². The first-order valence-corrected chi connectivity index (χ1v) is 9.62. The van der Waals surface area contributed by atoms with Gasteiger partial charge in [-0.05, 0) is 37.9 Å². The molecule has 148 valence electrons. The first kappa shape index (κ1) is 20.3. The summed E-state index contributed by atoms with van der Waals surface area (Å²) < 4.78 is 5.38. The topological polar surface area (TPSA) is 75.1 Å². The molecule has 2 N–H and O–H groups in total. The third-order valence-electron chi connectivity index (χ3n) is 5.17. The van der Waals surface area contributed by atoms with E-state index in [0.29, 0.717) is 22.0 Å². The van der Waals surface area contributed by atoms with Crippen LogP contribution < -0.4 is 15.4 Å². The highest BCUT2D eigenvalue weighted by molar-refractivity contribution is 6.33. The highest BCUT2D eigenvalue weighted by Crippen LogP contribution is 2.33. The van der Waals surface area contributed by atoms with Crippen LogP contribution in [-0.4, -0.2) is 38.2 Å². The lowest BCUT2D eigenvalue weighted by Crippen LogP contribution is -2.54. The maximum absolute atomic E-state index is 13.0. The highest BCUT2D eigenvalue weighted by atomic mass is 35.5. The quantitative estimate of drug-likeness (QED) is 0.715. The van der Waals surface area contributed by atoms with Gasteiger partial charge in [-0.15, -0.1) is 0 Å². The SMILES string of the molecule is C/N=N/c1cc(OC)c(C(=O)NC2CCNC2(C)Cc2ccccc2)cc1Cl. The predicted molar refractivity (Wildman–Crippen MR) is 111 cm³/mol. The van der Waals surface area contributed by atoms with Crippen LogP contribution in [0.15, 0.2) is 52.7 Å². The molecule has 0 aliphatic carbocycles. The average Bonchev–Trinajstić information content (AvgIpc) is 3.03. The van der Waals surface area contributed by atoms with Crippen LogP contribution in [0.3, 0.4) is 0 Å². The Hall–Kier alpha value is -2.44. The van der Waals surface area contributed by atoms with Crippen LogP contribution in [0.5, 0.6) is 5.75 Å². The number of amides is 1. The van der Waals surface area contributed by atoms with Crippen molar-refractivity contribution in [1.29, 1.82) is 0 Å². The molecule has 1 saturated heterocycles. The summed E-state index contributed by atoms with van der Waals surface area (Å²) in [5.74, 6) is 0.201. The van der Waals surface area contributed by atoms with E-state index in [1.54, 1.807) is 19.2 Å². The molecule has 6 nitrogen and oxygen atoms in total. The zero-order chi connectivity index (χ0) is 20.1. The number of hydrogen-bond donors (Lipinski definition) is 2. The Morgan fingerprint density at radius 2 is 2.11 bits per heavy atom. The molecule has 2 atom stereocenters. The van der Waals surface area contributed by atoms with Gasteiger partial charge in [0.2, 0.25) is 0 Å². The van der Waals surface area contributed by atoms with Crippen LogP contribution in [0.2, 0.25) is 5.02 Å². The number of carbonyl (C=O) groups is 1. The first-order chi connectivity index (χ1) is 13.5. The number of halogens is 1. The maximum Gasteiger partial charge on any atom is 0.255 e. The number of nitrogens with one attached hydrogen (secondary N) is 2. The van der Waals surface area contributed by atoms with Crippen molar-refractivity contribution >= 4 is 23.2 Å². The number of benzene rings is 2. The maximum atomic E-state index is 13.0. The lowest BCUT2D eigenvalue weighted by atomic mass is 9.87. The minimum absolute atomic E-state index is 0.0151. The van der Waals surface area contributed by atoms with Crippen molar-refractivity contribution in [1.82, 2.24) is 10.6 Å². The van der Waals surface area contributed by atoms with E-state index >= 15 is 0 Å². The number of nitrogens with zero attached hydrogens (tertiary/aromatic N) is 2. The molecule has 1 fully saturated rings. The standard InChI is InChI=1S/C21H25ClN4O2/c1-21(13-14-7-5-4-6-8-14)19(9-10-24-21)25-20(27)15-11-16(22)17(26-23-2)12-18(15)28-3/h4-8,11-12,19,24H,9-10,13H2,1-3H3,(H,25,27)/b26-23+. The molecule has 28 heavy (non-hydrogen) atoms. The molecule has 1 aliphatic heterocycles. The smallest absolute Gasteiger partial charge is 0.255 e. The van der Waals surface area contributed by atoms with Crippen molar-refractivity contribution in [2.24, 2.45) is 10.2 Å². The van der Waals surface area contributed by atoms with Crippen molar-refractivity contribution in [3.63, 3.8) is 0 Å². The second-order valence-corrected chi connectivity index (χ2v) is 7.53. The largest absolute Gasteiger partial charge is 0.496 e. The number of ether oxygens (including phenoxy) is 1. The summed E-state index contributed by atoms with van der Waals surface area (Å²) in [6.07, 6.45) is 1.68. The van der Waals surface area contributed by atoms with Gasteiger partial charge >= 0.3 is 0 Å². The number of rotatable bonds is 6. The van der Waals surface area contributed by atoms with E-state index in [4.69, 9.17) is 16.3 Å². The third kappa shape index (κ3) is 4.34. The second-order valence-electron chi connectivity index (χ2n) is 7.13. The third-order valence-corrected chi connectivity index (χ3v) is 5.47. The molecular formula is C21H25ClN4O2. The lowest BCUT2D eigenvalue weighted by Gasteiger charge is -2.32. The monoisotopic (exact) mass is 400 g/mol. The molecule has 7 heteroatoms. The fourth-order valence-corrected chi connectivity index (χ4v) is 3.89. The van der Waals surface area contributed by atoms with Gasteiger partial charge in [-0.1, -0.05) is 41.9 Å². The molecule has 2 aromatic rings. The van der Waals surface area contributed by atoms with E-state index in [-0.39, 0.29) is 17.5 Å². The normalized spacial score (nSPS) is 21.8. The molecule has 0 aromatic heterocycles. The summed E-state index contributed by atoms with van der Waals surface area (Å²) in [5.41, 5.74) is 1.85.